The van der Waals surface area contributed by atoms with Crippen molar-refractivity contribution in [1.29, 1.82) is 0 Å². The quantitative estimate of drug-likeness (QED) is 0.599. The predicted octanol–water partition coefficient (Wildman–Crippen LogP) is 1.54. The van der Waals surface area contributed by atoms with E-state index in [0.29, 0.717) is 5.39 Å². The van der Waals surface area contributed by atoms with Crippen molar-refractivity contribution in [2.24, 2.45) is 0 Å². The third-order valence-electron chi connectivity index (χ3n) is 1.82. The first-order valence-electron chi connectivity index (χ1n) is 3.77. The van der Waals surface area contributed by atoms with Crippen LogP contribution in [-0.4, -0.2) is 21.3 Å². The molecule has 0 radical (unpaired) electrons. The molecule has 0 saturated carbocycles. The standard InChI is InChI=1S/C9H6O5/c10-5-1-4-2-8(9(12)13)14-7(4)3-6(5)11/h1-3,10-11H,(H,12,13). The highest BCUT2D eigenvalue weighted by atomic mass is 16.4. The van der Waals surface area contributed by atoms with Gasteiger partial charge >= 0.3 is 5.97 Å². The Hall–Kier alpha value is -2.17. The van der Waals surface area contributed by atoms with Crippen LogP contribution in [0.1, 0.15) is 10.6 Å². The van der Waals surface area contributed by atoms with Gasteiger partial charge in [-0.25, -0.2) is 4.79 Å². The number of hydrogen-bond donors (Lipinski definition) is 3. The summed E-state index contributed by atoms with van der Waals surface area (Å²) < 4.78 is 4.89. The minimum absolute atomic E-state index is 0.220. The largest absolute Gasteiger partial charge is 0.504 e. The molecule has 0 aliphatic rings. The van der Waals surface area contributed by atoms with Crippen molar-refractivity contribution < 1.29 is 24.5 Å². The molecule has 5 nitrogen and oxygen atoms in total. The van der Waals surface area contributed by atoms with Crippen molar-refractivity contribution in [2.75, 3.05) is 0 Å². The van der Waals surface area contributed by atoms with E-state index in [0.717, 1.165) is 6.07 Å². The summed E-state index contributed by atoms with van der Waals surface area (Å²) in [4.78, 5) is 10.5. The number of aromatic hydroxyl groups is 2. The molecule has 0 amide bonds. The number of phenols is 2. The van der Waals surface area contributed by atoms with E-state index in [9.17, 15) is 4.79 Å². The number of carboxylic acids is 1. The summed E-state index contributed by atoms with van der Waals surface area (Å²) in [5.74, 6) is -2.08. The van der Waals surface area contributed by atoms with Gasteiger partial charge in [0.1, 0.15) is 5.58 Å². The van der Waals surface area contributed by atoms with Gasteiger partial charge in [0.25, 0.3) is 0 Å². The highest BCUT2D eigenvalue weighted by Gasteiger charge is 2.12. The van der Waals surface area contributed by atoms with Crippen LogP contribution in [0.4, 0.5) is 0 Å². The summed E-state index contributed by atoms with van der Waals surface area (Å²) in [7, 11) is 0. The van der Waals surface area contributed by atoms with Gasteiger partial charge in [-0.05, 0) is 12.1 Å². The van der Waals surface area contributed by atoms with E-state index >= 15 is 0 Å². The molecule has 72 valence electrons. The molecule has 0 fully saturated rings. The highest BCUT2D eigenvalue weighted by Crippen LogP contribution is 2.31. The molecular formula is C9H6O5. The molecule has 0 aliphatic carbocycles. The van der Waals surface area contributed by atoms with Crippen molar-refractivity contribution in [1.82, 2.24) is 0 Å². The fourth-order valence-electron chi connectivity index (χ4n) is 1.17. The van der Waals surface area contributed by atoms with Crippen molar-refractivity contribution in [2.45, 2.75) is 0 Å². The van der Waals surface area contributed by atoms with E-state index in [1.807, 2.05) is 0 Å². The molecule has 1 aromatic heterocycles. The molecule has 1 heterocycles. The summed E-state index contributed by atoms with van der Waals surface area (Å²) >= 11 is 0. The second-order valence-corrected chi connectivity index (χ2v) is 2.79. The number of carboxylic acid groups (broad SMARTS) is 1. The highest BCUT2D eigenvalue weighted by molar-refractivity contribution is 5.92. The van der Waals surface area contributed by atoms with Crippen LogP contribution in [0.15, 0.2) is 22.6 Å². The molecule has 14 heavy (non-hydrogen) atoms. The maximum Gasteiger partial charge on any atom is 0.371 e. The van der Waals surface area contributed by atoms with Crippen molar-refractivity contribution in [3.05, 3.63) is 24.0 Å². The zero-order valence-corrected chi connectivity index (χ0v) is 6.89. The Morgan fingerprint density at radius 1 is 1.14 bits per heavy atom. The summed E-state index contributed by atoms with van der Waals surface area (Å²) in [5.41, 5.74) is 0.220. The monoisotopic (exact) mass is 194 g/mol. The van der Waals surface area contributed by atoms with E-state index in [1.165, 1.54) is 12.1 Å². The first-order chi connectivity index (χ1) is 6.58. The molecular weight excluding hydrogens is 188 g/mol. The van der Waals surface area contributed by atoms with Crippen molar-refractivity contribution in [3.63, 3.8) is 0 Å². The smallest absolute Gasteiger partial charge is 0.371 e. The number of fused-ring (bicyclic) bond motifs is 1. The van der Waals surface area contributed by atoms with Gasteiger partial charge in [0, 0.05) is 11.5 Å². The SMILES string of the molecule is O=C(O)c1cc2cc(O)c(O)cc2o1. The van der Waals surface area contributed by atoms with E-state index in [-0.39, 0.29) is 22.8 Å². The summed E-state index contributed by atoms with van der Waals surface area (Å²) in [5, 5.41) is 27.3. The third-order valence-corrected chi connectivity index (χ3v) is 1.82. The zero-order valence-electron chi connectivity index (χ0n) is 6.89. The van der Waals surface area contributed by atoms with Crippen LogP contribution in [0.25, 0.3) is 11.0 Å². The number of rotatable bonds is 1. The maximum atomic E-state index is 10.5. The molecule has 0 bridgehead atoms. The molecule has 3 N–H and O–H groups in total. The second kappa shape index (κ2) is 2.66. The number of furan rings is 1. The van der Waals surface area contributed by atoms with Gasteiger partial charge in [0.2, 0.25) is 5.76 Å². The van der Waals surface area contributed by atoms with Crippen LogP contribution in [0.3, 0.4) is 0 Å². The normalized spacial score (nSPS) is 10.6. The molecule has 0 saturated heterocycles. The van der Waals surface area contributed by atoms with E-state index in [1.54, 1.807) is 0 Å². The van der Waals surface area contributed by atoms with Gasteiger partial charge in [0.15, 0.2) is 11.5 Å². The van der Waals surface area contributed by atoms with Crippen LogP contribution in [0, 0.1) is 0 Å². The summed E-state index contributed by atoms with van der Waals surface area (Å²) in [6.45, 7) is 0. The minimum atomic E-state index is -1.19. The topological polar surface area (TPSA) is 90.9 Å². The number of hydrogen-bond acceptors (Lipinski definition) is 4. The minimum Gasteiger partial charge on any atom is -0.504 e. The fourth-order valence-corrected chi connectivity index (χ4v) is 1.17. The number of benzene rings is 1. The zero-order chi connectivity index (χ0) is 10.3. The van der Waals surface area contributed by atoms with Crippen LogP contribution in [0.2, 0.25) is 0 Å². The Kier molecular flexibility index (Phi) is 1.60. The third kappa shape index (κ3) is 1.15. The molecule has 0 atom stereocenters. The van der Waals surface area contributed by atoms with Crippen molar-refractivity contribution >= 4 is 16.9 Å². The van der Waals surface area contributed by atoms with E-state index in [2.05, 4.69) is 0 Å². The Balaban J connectivity index is 2.72. The average Bonchev–Trinajstić information content (AvgIpc) is 2.48. The van der Waals surface area contributed by atoms with Gasteiger partial charge in [-0.2, -0.15) is 0 Å². The Bertz CT molecular complexity index is 472. The van der Waals surface area contributed by atoms with Crippen LogP contribution >= 0.6 is 0 Å². The molecule has 0 unspecified atom stereocenters. The van der Waals surface area contributed by atoms with E-state index in [4.69, 9.17) is 19.7 Å². The van der Waals surface area contributed by atoms with Crippen LogP contribution in [0.5, 0.6) is 11.5 Å². The number of aromatic carboxylic acids is 1. The summed E-state index contributed by atoms with van der Waals surface area (Å²) in [6, 6.07) is 3.68. The number of carbonyl (C=O) groups is 1. The first kappa shape index (κ1) is 8.43. The van der Waals surface area contributed by atoms with Gasteiger partial charge in [-0.15, -0.1) is 0 Å². The molecule has 0 aliphatic heterocycles. The lowest BCUT2D eigenvalue weighted by Crippen LogP contribution is -1.91. The predicted molar refractivity (Wildman–Crippen MR) is 46.5 cm³/mol. The Morgan fingerprint density at radius 3 is 2.43 bits per heavy atom. The lowest BCUT2D eigenvalue weighted by Gasteiger charge is -1.94. The molecule has 1 aromatic carbocycles. The van der Waals surface area contributed by atoms with Crippen LogP contribution < -0.4 is 0 Å². The van der Waals surface area contributed by atoms with Crippen LogP contribution in [-0.2, 0) is 0 Å². The molecule has 2 rings (SSSR count). The van der Waals surface area contributed by atoms with Gasteiger partial charge < -0.3 is 19.7 Å². The first-order valence-corrected chi connectivity index (χ1v) is 3.77. The van der Waals surface area contributed by atoms with Gasteiger partial charge in [-0.3, -0.25) is 0 Å². The van der Waals surface area contributed by atoms with E-state index < -0.39 is 5.97 Å². The number of phenolic OH excluding ortho intramolecular Hbond substituents is 2. The molecule has 2 aromatic rings. The Morgan fingerprint density at radius 2 is 1.79 bits per heavy atom. The van der Waals surface area contributed by atoms with Gasteiger partial charge in [0.05, 0.1) is 0 Å². The second-order valence-electron chi connectivity index (χ2n) is 2.79. The molecule has 0 spiro atoms. The maximum absolute atomic E-state index is 10.5. The fraction of sp³-hybridized carbons (Fsp3) is 0. The average molecular weight is 194 g/mol. The Labute approximate surface area is 77.8 Å². The molecule has 5 heteroatoms. The lowest BCUT2D eigenvalue weighted by molar-refractivity contribution is 0.0665. The van der Waals surface area contributed by atoms with Crippen molar-refractivity contribution in [3.8, 4) is 11.5 Å². The van der Waals surface area contributed by atoms with Gasteiger partial charge in [-0.1, -0.05) is 0 Å². The lowest BCUT2D eigenvalue weighted by atomic mass is 10.2. The summed E-state index contributed by atoms with van der Waals surface area (Å²) in [6.07, 6.45) is 0.